The Labute approximate surface area is 160 Å². The number of urea groups is 1. The van der Waals surface area contributed by atoms with Crippen molar-refractivity contribution in [2.75, 3.05) is 24.3 Å². The third-order valence-electron chi connectivity index (χ3n) is 5.20. The summed E-state index contributed by atoms with van der Waals surface area (Å²) < 4.78 is 0. The van der Waals surface area contributed by atoms with Crippen LogP contribution in [0.3, 0.4) is 0 Å². The molecule has 1 fully saturated rings. The molecular formula is C22H26N4O. The minimum Gasteiger partial charge on any atom is -0.378 e. The number of benzene rings is 2. The van der Waals surface area contributed by atoms with Gasteiger partial charge in [0, 0.05) is 49.8 Å². The zero-order valence-electron chi connectivity index (χ0n) is 16.1. The Morgan fingerprint density at radius 1 is 1.15 bits per heavy atom. The summed E-state index contributed by atoms with van der Waals surface area (Å²) >= 11 is 0. The predicted molar refractivity (Wildman–Crippen MR) is 111 cm³/mol. The summed E-state index contributed by atoms with van der Waals surface area (Å²) in [5.41, 5.74) is 5.29. The van der Waals surface area contributed by atoms with E-state index in [0.717, 1.165) is 40.9 Å². The molecule has 0 spiro atoms. The highest BCUT2D eigenvalue weighted by molar-refractivity contribution is 5.91. The number of amides is 2. The van der Waals surface area contributed by atoms with Gasteiger partial charge in [0.15, 0.2) is 0 Å². The Hall–Kier alpha value is -2.95. The van der Waals surface area contributed by atoms with Gasteiger partial charge in [0.25, 0.3) is 0 Å². The fourth-order valence-corrected chi connectivity index (χ4v) is 3.36. The second-order valence-corrected chi connectivity index (χ2v) is 7.58. The number of anilines is 2. The van der Waals surface area contributed by atoms with E-state index in [1.165, 1.54) is 5.39 Å². The van der Waals surface area contributed by atoms with Crippen LogP contribution in [0.25, 0.3) is 10.9 Å². The standard InChI is InChI=1S/C22H26N4O/c1-15-4-6-19(25(2)3)13-21(15)24-22(27)26(18-7-8-18)14-16-5-9-20-17(12-16)10-11-23-20/h4-6,9-13,18,23H,7-8,14H2,1-3H3,(H,24,27). The number of rotatable bonds is 5. The lowest BCUT2D eigenvalue weighted by atomic mass is 10.1. The number of aryl methyl sites for hydroxylation is 1. The molecule has 1 aromatic heterocycles. The molecule has 0 aliphatic heterocycles. The second kappa shape index (κ2) is 6.99. The van der Waals surface area contributed by atoms with Crippen LogP contribution in [0.4, 0.5) is 16.2 Å². The fraction of sp³-hybridized carbons (Fsp3) is 0.318. The maximum absolute atomic E-state index is 13.0. The molecule has 2 amide bonds. The smallest absolute Gasteiger partial charge is 0.322 e. The predicted octanol–water partition coefficient (Wildman–Crippen LogP) is 4.74. The number of hydrogen-bond donors (Lipinski definition) is 2. The van der Waals surface area contributed by atoms with E-state index in [4.69, 9.17) is 0 Å². The first-order valence-corrected chi connectivity index (χ1v) is 9.43. The SMILES string of the molecule is Cc1ccc(N(C)C)cc1NC(=O)N(Cc1ccc2[nH]ccc2c1)C1CC1. The molecule has 5 nitrogen and oxygen atoms in total. The van der Waals surface area contributed by atoms with Gasteiger partial charge in [0.2, 0.25) is 0 Å². The molecule has 0 atom stereocenters. The van der Waals surface area contributed by atoms with Crippen LogP contribution in [-0.2, 0) is 6.54 Å². The first-order valence-electron chi connectivity index (χ1n) is 9.43. The molecule has 1 aliphatic rings. The largest absolute Gasteiger partial charge is 0.378 e. The maximum Gasteiger partial charge on any atom is 0.322 e. The van der Waals surface area contributed by atoms with Crippen molar-refractivity contribution in [1.29, 1.82) is 0 Å². The summed E-state index contributed by atoms with van der Waals surface area (Å²) in [5, 5.41) is 4.31. The number of aromatic amines is 1. The molecule has 27 heavy (non-hydrogen) atoms. The molecule has 1 saturated carbocycles. The molecule has 0 unspecified atom stereocenters. The summed E-state index contributed by atoms with van der Waals surface area (Å²) in [5.74, 6) is 0. The van der Waals surface area contributed by atoms with E-state index in [-0.39, 0.29) is 6.03 Å². The Morgan fingerprint density at radius 2 is 1.96 bits per heavy atom. The number of carbonyl (C=O) groups is 1. The average molecular weight is 362 g/mol. The van der Waals surface area contributed by atoms with Gasteiger partial charge in [-0.15, -0.1) is 0 Å². The molecule has 1 aliphatic carbocycles. The third kappa shape index (κ3) is 3.77. The van der Waals surface area contributed by atoms with Crippen molar-refractivity contribution < 1.29 is 4.79 Å². The normalized spacial score (nSPS) is 13.6. The zero-order valence-corrected chi connectivity index (χ0v) is 16.1. The molecule has 140 valence electrons. The van der Waals surface area contributed by atoms with E-state index in [0.29, 0.717) is 12.6 Å². The van der Waals surface area contributed by atoms with Crippen molar-refractivity contribution >= 4 is 28.3 Å². The van der Waals surface area contributed by atoms with E-state index in [1.54, 1.807) is 0 Å². The minimum absolute atomic E-state index is 0.0225. The van der Waals surface area contributed by atoms with Gasteiger partial charge in [0.1, 0.15) is 0 Å². The fourth-order valence-electron chi connectivity index (χ4n) is 3.36. The highest BCUT2D eigenvalue weighted by atomic mass is 16.2. The topological polar surface area (TPSA) is 51.4 Å². The molecule has 0 saturated heterocycles. The molecular weight excluding hydrogens is 336 g/mol. The molecule has 2 aromatic carbocycles. The summed E-state index contributed by atoms with van der Waals surface area (Å²) in [6, 6.07) is 14.9. The Morgan fingerprint density at radius 3 is 2.70 bits per heavy atom. The second-order valence-electron chi connectivity index (χ2n) is 7.58. The van der Waals surface area contributed by atoms with Gasteiger partial charge >= 0.3 is 6.03 Å². The molecule has 4 rings (SSSR count). The molecule has 1 heterocycles. The van der Waals surface area contributed by atoms with E-state index < -0.39 is 0 Å². The Balaban J connectivity index is 1.53. The monoisotopic (exact) mass is 362 g/mol. The summed E-state index contributed by atoms with van der Waals surface area (Å²) in [7, 11) is 4.01. The number of H-pyrrole nitrogens is 1. The number of nitrogens with zero attached hydrogens (tertiary/aromatic N) is 2. The highest BCUT2D eigenvalue weighted by Crippen LogP contribution is 2.30. The van der Waals surface area contributed by atoms with Crippen molar-refractivity contribution in [2.24, 2.45) is 0 Å². The zero-order chi connectivity index (χ0) is 19.0. The van der Waals surface area contributed by atoms with Crippen LogP contribution in [0.5, 0.6) is 0 Å². The molecule has 0 bridgehead atoms. The molecule has 3 aromatic rings. The number of fused-ring (bicyclic) bond motifs is 1. The lowest BCUT2D eigenvalue weighted by molar-refractivity contribution is 0.206. The molecule has 5 heteroatoms. The van der Waals surface area contributed by atoms with Crippen molar-refractivity contribution in [2.45, 2.75) is 32.4 Å². The summed E-state index contributed by atoms with van der Waals surface area (Å²) in [6.07, 6.45) is 4.10. The van der Waals surface area contributed by atoms with Crippen molar-refractivity contribution in [3.63, 3.8) is 0 Å². The van der Waals surface area contributed by atoms with Gasteiger partial charge < -0.3 is 20.1 Å². The van der Waals surface area contributed by atoms with Gasteiger partial charge in [-0.1, -0.05) is 12.1 Å². The number of nitrogens with one attached hydrogen (secondary N) is 2. The van der Waals surface area contributed by atoms with Gasteiger partial charge in [-0.2, -0.15) is 0 Å². The quantitative estimate of drug-likeness (QED) is 0.689. The van der Waals surface area contributed by atoms with Gasteiger partial charge in [-0.25, -0.2) is 4.79 Å². The summed E-state index contributed by atoms with van der Waals surface area (Å²) in [6.45, 7) is 2.65. The minimum atomic E-state index is -0.0225. The summed E-state index contributed by atoms with van der Waals surface area (Å²) in [4.78, 5) is 20.3. The van der Waals surface area contributed by atoms with Crippen LogP contribution in [0.1, 0.15) is 24.0 Å². The first-order chi connectivity index (χ1) is 13.0. The van der Waals surface area contributed by atoms with Gasteiger partial charge in [-0.05, 0) is 66.6 Å². The van der Waals surface area contributed by atoms with Crippen molar-refractivity contribution in [3.8, 4) is 0 Å². The lowest BCUT2D eigenvalue weighted by Gasteiger charge is -2.24. The third-order valence-corrected chi connectivity index (χ3v) is 5.20. The van der Waals surface area contributed by atoms with Crippen LogP contribution in [0, 0.1) is 6.92 Å². The van der Waals surface area contributed by atoms with Gasteiger partial charge in [0.05, 0.1) is 0 Å². The molecule has 2 N–H and O–H groups in total. The van der Waals surface area contributed by atoms with Crippen LogP contribution in [0.15, 0.2) is 48.7 Å². The Kier molecular flexibility index (Phi) is 4.52. The van der Waals surface area contributed by atoms with E-state index in [1.807, 2.05) is 49.1 Å². The number of aromatic nitrogens is 1. The van der Waals surface area contributed by atoms with Crippen LogP contribution >= 0.6 is 0 Å². The highest BCUT2D eigenvalue weighted by Gasteiger charge is 2.32. The van der Waals surface area contributed by atoms with Crippen LogP contribution in [0.2, 0.25) is 0 Å². The lowest BCUT2D eigenvalue weighted by Crippen LogP contribution is -2.36. The van der Waals surface area contributed by atoms with Crippen molar-refractivity contribution in [1.82, 2.24) is 9.88 Å². The Bertz CT molecular complexity index is 971. The van der Waals surface area contributed by atoms with Crippen LogP contribution in [-0.4, -0.2) is 36.1 Å². The van der Waals surface area contributed by atoms with Crippen LogP contribution < -0.4 is 10.2 Å². The maximum atomic E-state index is 13.0. The van der Waals surface area contributed by atoms with Gasteiger partial charge in [-0.3, -0.25) is 0 Å². The number of carbonyl (C=O) groups excluding carboxylic acids is 1. The average Bonchev–Trinajstić information content (AvgIpc) is 3.38. The van der Waals surface area contributed by atoms with E-state index >= 15 is 0 Å². The van der Waals surface area contributed by atoms with Crippen molar-refractivity contribution in [3.05, 3.63) is 59.8 Å². The number of hydrogen-bond acceptors (Lipinski definition) is 2. The van der Waals surface area contributed by atoms with E-state index in [2.05, 4.69) is 40.6 Å². The first kappa shape index (κ1) is 17.5. The molecule has 0 radical (unpaired) electrons. The van der Waals surface area contributed by atoms with E-state index in [9.17, 15) is 4.79 Å².